The van der Waals surface area contributed by atoms with E-state index in [-0.39, 0.29) is 13.0 Å². The van der Waals surface area contributed by atoms with Gasteiger partial charge in [0.2, 0.25) is 0 Å². The third-order valence-corrected chi connectivity index (χ3v) is 4.37. The fraction of sp³-hybridized carbons (Fsp3) is 0.409. The summed E-state index contributed by atoms with van der Waals surface area (Å²) in [5, 5.41) is 18.7. The molecule has 0 amide bonds. The van der Waals surface area contributed by atoms with E-state index < -0.39 is 12.1 Å². The number of para-hydroxylation sites is 1. The Morgan fingerprint density at radius 3 is 2.85 bits per heavy atom. The van der Waals surface area contributed by atoms with Gasteiger partial charge in [0.25, 0.3) is 0 Å². The molecule has 2 atom stereocenters. The number of allylic oxidation sites excluding steroid dienone is 5. The number of unbranched alkanes of at least 4 members (excludes halogenated alkanes) is 1. The Morgan fingerprint density at radius 2 is 2.08 bits per heavy atom. The van der Waals surface area contributed by atoms with Gasteiger partial charge in [-0.05, 0) is 50.2 Å². The van der Waals surface area contributed by atoms with E-state index in [2.05, 4.69) is 24.3 Å². The van der Waals surface area contributed by atoms with Gasteiger partial charge in [-0.25, -0.2) is 0 Å². The van der Waals surface area contributed by atoms with Gasteiger partial charge in [-0.2, -0.15) is 0 Å². The van der Waals surface area contributed by atoms with Crippen LogP contribution in [-0.4, -0.2) is 28.9 Å². The molecule has 1 aromatic carbocycles. The molecule has 4 nitrogen and oxygen atoms in total. The number of benzene rings is 1. The van der Waals surface area contributed by atoms with Gasteiger partial charge in [-0.15, -0.1) is 0 Å². The summed E-state index contributed by atoms with van der Waals surface area (Å²) in [5.74, 6) is 0.386. The molecule has 0 bridgehead atoms. The van der Waals surface area contributed by atoms with E-state index in [9.17, 15) is 9.90 Å². The summed E-state index contributed by atoms with van der Waals surface area (Å²) in [6.07, 6.45) is 14.5. The first kappa shape index (κ1) is 20.0. The van der Waals surface area contributed by atoms with Crippen LogP contribution in [0.25, 0.3) is 0 Å². The highest BCUT2D eigenvalue weighted by Crippen LogP contribution is 2.29. The number of rotatable bonds is 11. The Bertz CT molecular complexity index is 631. The van der Waals surface area contributed by atoms with Crippen LogP contribution in [0.5, 0.6) is 5.75 Å². The van der Waals surface area contributed by atoms with E-state index in [4.69, 9.17) is 9.84 Å². The third kappa shape index (κ3) is 7.70. The van der Waals surface area contributed by atoms with Crippen molar-refractivity contribution >= 4 is 5.97 Å². The van der Waals surface area contributed by atoms with Crippen LogP contribution in [0.4, 0.5) is 0 Å². The molecule has 4 heteroatoms. The molecule has 0 spiro atoms. The first-order valence-corrected chi connectivity index (χ1v) is 9.25. The average Bonchev–Trinajstić information content (AvgIpc) is 3.09. The Morgan fingerprint density at radius 1 is 1.27 bits per heavy atom. The van der Waals surface area contributed by atoms with Crippen LogP contribution in [0.3, 0.4) is 0 Å². The largest absolute Gasteiger partial charge is 0.491 e. The second kappa shape index (κ2) is 11.3. The van der Waals surface area contributed by atoms with Gasteiger partial charge in [0, 0.05) is 6.42 Å². The molecule has 0 fully saturated rings. The minimum Gasteiger partial charge on any atom is -0.491 e. The maximum Gasteiger partial charge on any atom is 0.303 e. The number of carboxylic acid groups (broad SMARTS) is 1. The lowest BCUT2D eigenvalue weighted by molar-refractivity contribution is -0.137. The van der Waals surface area contributed by atoms with Gasteiger partial charge in [0.1, 0.15) is 18.5 Å². The van der Waals surface area contributed by atoms with E-state index in [0.29, 0.717) is 12.3 Å². The summed E-state index contributed by atoms with van der Waals surface area (Å²) in [5.41, 5.74) is 1.37. The maximum absolute atomic E-state index is 10.5. The normalized spacial score (nSPS) is 18.3. The van der Waals surface area contributed by atoms with E-state index in [1.165, 1.54) is 5.57 Å². The molecule has 0 aromatic heterocycles. The zero-order chi connectivity index (χ0) is 18.6. The van der Waals surface area contributed by atoms with Crippen molar-refractivity contribution in [2.75, 3.05) is 6.61 Å². The Labute approximate surface area is 155 Å². The van der Waals surface area contributed by atoms with Crippen molar-refractivity contribution in [1.82, 2.24) is 0 Å². The first-order chi connectivity index (χ1) is 12.6. The van der Waals surface area contributed by atoms with Crippen LogP contribution >= 0.6 is 0 Å². The van der Waals surface area contributed by atoms with E-state index in [0.717, 1.165) is 31.4 Å². The highest BCUT2D eigenvalue weighted by molar-refractivity contribution is 5.66. The molecule has 0 saturated heterocycles. The van der Waals surface area contributed by atoms with Crippen molar-refractivity contribution in [2.45, 2.75) is 44.6 Å². The zero-order valence-electron chi connectivity index (χ0n) is 15.1. The standard InChI is InChI=1S/C22H28O4/c23-20(17-26-21-12-5-3-6-13-21)16-15-19-11-8-10-18(19)9-4-1-2-7-14-22(24)25/h1,3-6,10,12-13,15-16,19-20,23H,2,7-9,11,14,17H2,(H,24,25)/b4-1-,16-15+/t19-,20-/m1/s1. The van der Waals surface area contributed by atoms with Gasteiger partial charge in [0.15, 0.2) is 0 Å². The van der Waals surface area contributed by atoms with Crippen molar-refractivity contribution < 1.29 is 19.7 Å². The van der Waals surface area contributed by atoms with Crippen molar-refractivity contribution in [1.29, 1.82) is 0 Å². The summed E-state index contributed by atoms with van der Waals surface area (Å²) < 4.78 is 5.56. The molecule has 0 unspecified atom stereocenters. The predicted molar refractivity (Wildman–Crippen MR) is 103 cm³/mol. The topological polar surface area (TPSA) is 66.8 Å². The maximum atomic E-state index is 10.5. The van der Waals surface area contributed by atoms with Crippen LogP contribution in [0.2, 0.25) is 0 Å². The van der Waals surface area contributed by atoms with Crippen molar-refractivity contribution in [3.8, 4) is 5.75 Å². The van der Waals surface area contributed by atoms with E-state index in [1.54, 1.807) is 0 Å². The smallest absolute Gasteiger partial charge is 0.303 e. The highest BCUT2D eigenvalue weighted by Gasteiger charge is 2.15. The van der Waals surface area contributed by atoms with Crippen LogP contribution in [-0.2, 0) is 4.79 Å². The average molecular weight is 356 g/mol. The number of ether oxygens (including phenoxy) is 1. The number of hydrogen-bond acceptors (Lipinski definition) is 3. The number of aliphatic hydroxyl groups excluding tert-OH is 1. The lowest BCUT2D eigenvalue weighted by Crippen LogP contribution is -2.15. The Balaban J connectivity index is 1.70. The Hall–Kier alpha value is -2.33. The molecule has 0 aliphatic heterocycles. The Kier molecular flexibility index (Phi) is 8.70. The van der Waals surface area contributed by atoms with Gasteiger partial charge in [-0.3, -0.25) is 4.79 Å². The molecule has 0 saturated carbocycles. The SMILES string of the molecule is O=C(O)CCC/C=C\CC1=CCC[C@@H]1/C=C/[C@@H](O)COc1ccccc1. The first-order valence-electron chi connectivity index (χ1n) is 9.25. The van der Waals surface area contributed by atoms with Crippen LogP contribution in [0.15, 0.2) is 66.3 Å². The monoisotopic (exact) mass is 356 g/mol. The molecule has 140 valence electrons. The summed E-state index contributed by atoms with van der Waals surface area (Å²) in [6, 6.07) is 9.48. The molecule has 2 rings (SSSR count). The summed E-state index contributed by atoms with van der Waals surface area (Å²) in [4.78, 5) is 10.5. The van der Waals surface area contributed by atoms with Crippen LogP contribution in [0.1, 0.15) is 38.5 Å². The fourth-order valence-electron chi connectivity index (χ4n) is 2.96. The highest BCUT2D eigenvalue weighted by atomic mass is 16.5. The molecule has 0 radical (unpaired) electrons. The third-order valence-electron chi connectivity index (χ3n) is 4.37. The van der Waals surface area contributed by atoms with E-state index >= 15 is 0 Å². The number of aliphatic carboxylic acids is 1. The number of carboxylic acids is 1. The molecule has 26 heavy (non-hydrogen) atoms. The molecule has 1 aromatic rings. The summed E-state index contributed by atoms with van der Waals surface area (Å²) >= 11 is 0. The predicted octanol–water partition coefficient (Wildman–Crippen LogP) is 4.52. The van der Waals surface area contributed by atoms with Gasteiger partial charge >= 0.3 is 5.97 Å². The van der Waals surface area contributed by atoms with Crippen LogP contribution in [0, 0.1) is 5.92 Å². The lowest BCUT2D eigenvalue weighted by atomic mass is 9.97. The number of aliphatic hydroxyl groups is 1. The lowest BCUT2D eigenvalue weighted by Gasteiger charge is -2.12. The van der Waals surface area contributed by atoms with Gasteiger partial charge in [0.05, 0.1) is 0 Å². The molecule has 1 aliphatic carbocycles. The second-order valence-corrected chi connectivity index (χ2v) is 6.50. The quantitative estimate of drug-likeness (QED) is 0.452. The van der Waals surface area contributed by atoms with Gasteiger partial charge in [-0.1, -0.05) is 54.2 Å². The second-order valence-electron chi connectivity index (χ2n) is 6.50. The molecule has 0 heterocycles. The summed E-state index contributed by atoms with van der Waals surface area (Å²) in [6.45, 7) is 0.246. The minimum absolute atomic E-state index is 0.224. The van der Waals surface area contributed by atoms with E-state index in [1.807, 2.05) is 36.4 Å². The fourth-order valence-corrected chi connectivity index (χ4v) is 2.96. The zero-order valence-corrected chi connectivity index (χ0v) is 15.1. The van der Waals surface area contributed by atoms with Crippen molar-refractivity contribution in [3.63, 3.8) is 0 Å². The van der Waals surface area contributed by atoms with Crippen LogP contribution < -0.4 is 4.74 Å². The molecular formula is C22H28O4. The summed E-state index contributed by atoms with van der Waals surface area (Å²) in [7, 11) is 0. The number of hydrogen-bond donors (Lipinski definition) is 2. The van der Waals surface area contributed by atoms with Crippen molar-refractivity contribution in [3.05, 3.63) is 66.3 Å². The van der Waals surface area contributed by atoms with Crippen molar-refractivity contribution in [2.24, 2.45) is 5.92 Å². The molecule has 1 aliphatic rings. The van der Waals surface area contributed by atoms with Gasteiger partial charge < -0.3 is 14.9 Å². The number of carbonyl (C=O) groups is 1. The molecule has 2 N–H and O–H groups in total. The molecular weight excluding hydrogens is 328 g/mol. The minimum atomic E-state index is -0.739.